The molecule has 1 aliphatic rings. The summed E-state index contributed by atoms with van der Waals surface area (Å²) >= 11 is 0. The summed E-state index contributed by atoms with van der Waals surface area (Å²) in [5.41, 5.74) is 1.71. The molecule has 4 radical (unpaired) electrons. The van der Waals surface area contributed by atoms with E-state index >= 15 is 0 Å². The summed E-state index contributed by atoms with van der Waals surface area (Å²) in [6.07, 6.45) is 5.00. The molecule has 1 aliphatic heterocycles. The van der Waals surface area contributed by atoms with Crippen molar-refractivity contribution in [3.8, 4) is 11.4 Å². The molecule has 5 rings (SSSR count). The largest absolute Gasteiger partial charge is 0.382 e. The fourth-order valence-electron chi connectivity index (χ4n) is 4.47. The third-order valence-electron chi connectivity index (χ3n) is 6.37. The van der Waals surface area contributed by atoms with Crippen LogP contribution in [0.15, 0.2) is 42.9 Å². The molecule has 0 bridgehead atoms. The van der Waals surface area contributed by atoms with Crippen LogP contribution in [0.5, 0.6) is 0 Å². The van der Waals surface area contributed by atoms with Gasteiger partial charge in [0, 0.05) is 39.2 Å². The normalized spacial score (nSPS) is 15.6. The molecule has 38 heavy (non-hydrogen) atoms. The number of imidazole rings is 1. The van der Waals surface area contributed by atoms with Crippen LogP contribution < -0.4 is 5.32 Å². The number of amides is 1. The Hall–Kier alpha value is -4.06. The van der Waals surface area contributed by atoms with Gasteiger partial charge in [-0.3, -0.25) is 9.48 Å². The fourth-order valence-corrected chi connectivity index (χ4v) is 4.47. The lowest BCUT2D eigenvalue weighted by atomic mass is 9.56. The van der Waals surface area contributed by atoms with Gasteiger partial charge in [0.2, 0.25) is 5.95 Å². The number of carbonyl (C=O) groups is 1. The minimum Gasteiger partial charge on any atom is -0.382 e. The maximum Gasteiger partial charge on any atom is 0.289 e. The van der Waals surface area contributed by atoms with Gasteiger partial charge < -0.3 is 19.5 Å². The molecule has 0 aliphatic carbocycles. The standard InChI is InChI=1S/C24H22B2F2N8O2/c1-13-9-29-23(32-19-6-7-30-34(19)2)33-20(13)18-11-35-10-15(12-38-3)36(22(37)21(35)31-18)24(25,26)14-4-5-16(27)17(28)8-14/h4-9,11,15H,10,12H2,1-3H3,(H,29,32,33)/t15-/m1/s1. The maximum absolute atomic E-state index is 14.0. The monoisotopic (exact) mass is 514 g/mol. The zero-order chi connectivity index (χ0) is 27.2. The van der Waals surface area contributed by atoms with Crippen molar-refractivity contribution in [2.75, 3.05) is 19.0 Å². The highest BCUT2D eigenvalue weighted by molar-refractivity contribution is 6.40. The predicted molar refractivity (Wildman–Crippen MR) is 136 cm³/mol. The van der Waals surface area contributed by atoms with Crippen molar-refractivity contribution < 1.29 is 18.3 Å². The van der Waals surface area contributed by atoms with Crippen LogP contribution in [0.25, 0.3) is 11.4 Å². The summed E-state index contributed by atoms with van der Waals surface area (Å²) in [5.74, 6) is -1.70. The number of ether oxygens (including phenoxy) is 1. The number of aryl methyl sites for hydroxylation is 2. The minimum atomic E-state index is -1.97. The van der Waals surface area contributed by atoms with E-state index in [-0.39, 0.29) is 24.5 Å². The zero-order valence-electron chi connectivity index (χ0n) is 20.9. The molecule has 4 aromatic rings. The number of nitrogens with one attached hydrogen (secondary N) is 1. The van der Waals surface area contributed by atoms with E-state index < -0.39 is 28.9 Å². The van der Waals surface area contributed by atoms with E-state index in [2.05, 4.69) is 25.4 Å². The Morgan fingerprint density at radius 2 is 2.00 bits per heavy atom. The van der Waals surface area contributed by atoms with Gasteiger partial charge in [-0.25, -0.2) is 23.7 Å². The molecule has 0 fully saturated rings. The lowest BCUT2D eigenvalue weighted by Crippen LogP contribution is -2.60. The van der Waals surface area contributed by atoms with Crippen LogP contribution in [0.2, 0.25) is 0 Å². The summed E-state index contributed by atoms with van der Waals surface area (Å²) in [5, 5.41) is 5.24. The van der Waals surface area contributed by atoms with Gasteiger partial charge in [0.05, 0.1) is 40.2 Å². The van der Waals surface area contributed by atoms with E-state index in [1.165, 1.54) is 18.1 Å². The fraction of sp³-hybridized carbons (Fsp3) is 0.292. The second-order valence-corrected chi connectivity index (χ2v) is 9.03. The van der Waals surface area contributed by atoms with E-state index in [9.17, 15) is 13.6 Å². The van der Waals surface area contributed by atoms with Gasteiger partial charge in [-0.1, -0.05) is 6.07 Å². The molecule has 190 valence electrons. The maximum atomic E-state index is 14.0. The summed E-state index contributed by atoms with van der Waals surface area (Å²) in [6.45, 7) is 2.16. The first-order valence-corrected chi connectivity index (χ1v) is 11.6. The molecule has 4 heterocycles. The average Bonchev–Trinajstić information content (AvgIpc) is 3.48. The van der Waals surface area contributed by atoms with Gasteiger partial charge >= 0.3 is 0 Å². The molecule has 0 saturated heterocycles. The number of methoxy groups -OCH3 is 1. The van der Waals surface area contributed by atoms with Crippen molar-refractivity contribution in [3.05, 3.63) is 71.4 Å². The number of halogens is 2. The van der Waals surface area contributed by atoms with Gasteiger partial charge in [0.25, 0.3) is 5.91 Å². The quantitative estimate of drug-likeness (QED) is 0.377. The number of hydrogen-bond acceptors (Lipinski definition) is 7. The molecule has 14 heteroatoms. The molecule has 1 N–H and O–H groups in total. The Bertz CT molecular complexity index is 1520. The van der Waals surface area contributed by atoms with Gasteiger partial charge in [-0.2, -0.15) is 5.10 Å². The number of carbonyl (C=O) groups excluding carboxylic acids is 1. The third-order valence-corrected chi connectivity index (χ3v) is 6.37. The highest BCUT2D eigenvalue weighted by Crippen LogP contribution is 2.32. The minimum absolute atomic E-state index is 0.0172. The summed E-state index contributed by atoms with van der Waals surface area (Å²) in [7, 11) is 16.1. The van der Waals surface area contributed by atoms with E-state index in [1.54, 1.807) is 41.0 Å². The second kappa shape index (κ2) is 9.67. The summed E-state index contributed by atoms with van der Waals surface area (Å²) < 4.78 is 36.2. The van der Waals surface area contributed by atoms with Crippen LogP contribution in [0.4, 0.5) is 20.5 Å². The van der Waals surface area contributed by atoms with Crippen LogP contribution in [0, 0.1) is 18.6 Å². The highest BCUT2D eigenvalue weighted by atomic mass is 19.2. The number of aromatic nitrogens is 6. The van der Waals surface area contributed by atoms with Crippen molar-refractivity contribution >= 4 is 33.4 Å². The van der Waals surface area contributed by atoms with Crippen molar-refractivity contribution in [1.29, 1.82) is 0 Å². The molecule has 1 atom stereocenters. The van der Waals surface area contributed by atoms with Gasteiger partial charge in [0.15, 0.2) is 17.5 Å². The number of nitrogens with zero attached hydrogens (tertiary/aromatic N) is 7. The number of fused-ring (bicyclic) bond motifs is 1. The molecular weight excluding hydrogens is 492 g/mol. The first-order valence-electron chi connectivity index (χ1n) is 11.6. The smallest absolute Gasteiger partial charge is 0.289 e. The van der Waals surface area contributed by atoms with E-state index in [1.807, 2.05) is 6.92 Å². The number of rotatable bonds is 7. The van der Waals surface area contributed by atoms with E-state index in [4.69, 9.17) is 20.4 Å². The van der Waals surface area contributed by atoms with Crippen molar-refractivity contribution in [2.45, 2.75) is 24.8 Å². The van der Waals surface area contributed by atoms with Gasteiger partial charge in [-0.05, 0) is 35.5 Å². The first kappa shape index (κ1) is 25.6. The van der Waals surface area contributed by atoms with Crippen LogP contribution >= 0.6 is 0 Å². The summed E-state index contributed by atoms with van der Waals surface area (Å²) in [6, 6.07) is 4.18. The van der Waals surface area contributed by atoms with Crippen LogP contribution in [0.3, 0.4) is 0 Å². The van der Waals surface area contributed by atoms with Crippen molar-refractivity contribution in [2.24, 2.45) is 7.05 Å². The molecular formula is C24H22B2F2N8O2. The summed E-state index contributed by atoms with van der Waals surface area (Å²) in [4.78, 5) is 28.4. The second-order valence-electron chi connectivity index (χ2n) is 9.03. The van der Waals surface area contributed by atoms with Crippen LogP contribution in [-0.4, -0.2) is 75.6 Å². The highest BCUT2D eigenvalue weighted by Gasteiger charge is 2.43. The van der Waals surface area contributed by atoms with Gasteiger partial charge in [-0.15, -0.1) is 0 Å². The Labute approximate surface area is 219 Å². The lowest BCUT2D eigenvalue weighted by molar-refractivity contribution is 0.0298. The first-order chi connectivity index (χ1) is 18.1. The number of benzene rings is 1. The SMILES string of the molecule is [B]C([B])(c1ccc(F)c(F)c1)N1C(=O)c2nc(-c3nc(Nc4ccnn4C)ncc3C)cn2C[C@@H]1COC. The van der Waals surface area contributed by atoms with E-state index in [0.29, 0.717) is 23.2 Å². The number of anilines is 2. The van der Waals surface area contributed by atoms with Crippen molar-refractivity contribution in [1.82, 2.24) is 34.2 Å². The molecule has 0 spiro atoms. The Morgan fingerprint density at radius 3 is 2.68 bits per heavy atom. The Morgan fingerprint density at radius 1 is 1.21 bits per heavy atom. The zero-order valence-corrected chi connectivity index (χ0v) is 20.9. The molecule has 0 unspecified atom stereocenters. The molecule has 0 saturated carbocycles. The lowest BCUT2D eigenvalue weighted by Gasteiger charge is -2.47. The molecule has 1 aromatic carbocycles. The molecule has 1 amide bonds. The average molecular weight is 514 g/mol. The van der Waals surface area contributed by atoms with E-state index in [0.717, 1.165) is 17.7 Å². The predicted octanol–water partition coefficient (Wildman–Crippen LogP) is 2.02. The topological polar surface area (TPSA) is 103 Å². The third kappa shape index (κ3) is 4.44. The van der Waals surface area contributed by atoms with Crippen LogP contribution in [0.1, 0.15) is 21.7 Å². The Kier molecular flexibility index (Phi) is 6.51. The Balaban J connectivity index is 1.52. The van der Waals surface area contributed by atoms with Crippen LogP contribution in [-0.2, 0) is 23.7 Å². The van der Waals surface area contributed by atoms with Gasteiger partial charge in [0.1, 0.15) is 11.5 Å². The molecule has 3 aromatic heterocycles. The number of hydrogen-bond donors (Lipinski definition) is 1. The molecule has 10 nitrogen and oxygen atoms in total. The van der Waals surface area contributed by atoms with Crippen molar-refractivity contribution in [3.63, 3.8) is 0 Å².